The number of ether oxygens (including phenoxy) is 1. The van der Waals surface area contributed by atoms with Crippen LogP contribution in [0.5, 0.6) is 0 Å². The Balaban J connectivity index is 1.62. The standard InChI is InChI=1S/C23H16N2O6S/c1-31-22(30)14-11-24-21(29)17(25-19(27)15-9-5-6-10-16(15)20(25)28)23(24,32-12-14)18(26)13-7-3-2-4-8-13/h2-11,17H,12H2,1H3. The Hall–Kier alpha value is -3.72. The third kappa shape index (κ3) is 2.54. The van der Waals surface area contributed by atoms with Crippen LogP contribution in [-0.2, 0) is 14.3 Å². The first-order valence-electron chi connectivity index (χ1n) is 9.74. The summed E-state index contributed by atoms with van der Waals surface area (Å²) in [5, 5.41) is 0. The first-order valence-corrected chi connectivity index (χ1v) is 10.7. The summed E-state index contributed by atoms with van der Waals surface area (Å²) in [6, 6.07) is 13.3. The zero-order valence-electron chi connectivity index (χ0n) is 16.8. The van der Waals surface area contributed by atoms with Gasteiger partial charge in [-0.25, -0.2) is 4.79 Å². The average Bonchev–Trinajstić information content (AvgIpc) is 3.08. The summed E-state index contributed by atoms with van der Waals surface area (Å²) in [5.41, 5.74) is 0.924. The van der Waals surface area contributed by atoms with Gasteiger partial charge in [0.25, 0.3) is 17.7 Å². The van der Waals surface area contributed by atoms with E-state index in [0.717, 1.165) is 21.6 Å². The van der Waals surface area contributed by atoms with E-state index in [0.29, 0.717) is 5.56 Å². The van der Waals surface area contributed by atoms with Crippen LogP contribution in [0.4, 0.5) is 0 Å². The van der Waals surface area contributed by atoms with Gasteiger partial charge in [-0.1, -0.05) is 42.5 Å². The molecule has 32 heavy (non-hydrogen) atoms. The molecule has 0 N–H and O–H groups in total. The van der Waals surface area contributed by atoms with Crippen molar-refractivity contribution in [2.45, 2.75) is 10.9 Å². The van der Waals surface area contributed by atoms with Crippen molar-refractivity contribution < 1.29 is 28.7 Å². The molecule has 3 amide bonds. The molecule has 5 rings (SSSR count). The molecule has 0 saturated carbocycles. The smallest absolute Gasteiger partial charge is 0.336 e. The number of thioether (sulfide) groups is 1. The zero-order valence-corrected chi connectivity index (χ0v) is 17.6. The number of carbonyl (C=O) groups is 5. The number of hydrogen-bond donors (Lipinski definition) is 0. The number of Topliss-reactive ketones (excluding diaryl/α,β-unsaturated/α-hetero) is 1. The van der Waals surface area contributed by atoms with Crippen molar-refractivity contribution in [3.05, 3.63) is 83.1 Å². The van der Waals surface area contributed by atoms with Gasteiger partial charge in [0.05, 0.1) is 23.8 Å². The Bertz CT molecular complexity index is 1210. The normalized spacial score (nSPS) is 23.8. The fourth-order valence-corrected chi connectivity index (χ4v) is 5.75. The predicted molar refractivity (Wildman–Crippen MR) is 114 cm³/mol. The van der Waals surface area contributed by atoms with E-state index in [1.54, 1.807) is 42.5 Å². The number of carbonyl (C=O) groups excluding carboxylic acids is 5. The van der Waals surface area contributed by atoms with Crippen molar-refractivity contribution in [2.24, 2.45) is 0 Å². The molecule has 3 aliphatic rings. The maximum Gasteiger partial charge on any atom is 0.336 e. The molecule has 0 bridgehead atoms. The van der Waals surface area contributed by atoms with Crippen molar-refractivity contribution >= 4 is 41.2 Å². The van der Waals surface area contributed by atoms with Gasteiger partial charge in [0.15, 0.2) is 10.9 Å². The van der Waals surface area contributed by atoms with Gasteiger partial charge in [-0.3, -0.25) is 29.0 Å². The van der Waals surface area contributed by atoms with E-state index in [9.17, 15) is 24.0 Å². The van der Waals surface area contributed by atoms with Crippen LogP contribution < -0.4 is 0 Å². The largest absolute Gasteiger partial charge is 0.466 e. The van der Waals surface area contributed by atoms with E-state index in [4.69, 9.17) is 4.74 Å². The van der Waals surface area contributed by atoms with Gasteiger partial charge in [0.1, 0.15) is 0 Å². The van der Waals surface area contributed by atoms with Gasteiger partial charge >= 0.3 is 5.97 Å². The van der Waals surface area contributed by atoms with Crippen LogP contribution in [0.3, 0.4) is 0 Å². The van der Waals surface area contributed by atoms with Crippen molar-refractivity contribution in [3.63, 3.8) is 0 Å². The summed E-state index contributed by atoms with van der Waals surface area (Å²) in [6.07, 6.45) is 1.29. The molecular weight excluding hydrogens is 432 g/mol. The fourth-order valence-electron chi connectivity index (χ4n) is 4.28. The van der Waals surface area contributed by atoms with E-state index >= 15 is 0 Å². The number of methoxy groups -OCH3 is 1. The Morgan fingerprint density at radius 3 is 2.16 bits per heavy atom. The molecule has 3 aliphatic heterocycles. The molecule has 2 unspecified atom stereocenters. The topological polar surface area (TPSA) is 101 Å². The Kier molecular flexibility index (Phi) is 4.52. The predicted octanol–water partition coefficient (Wildman–Crippen LogP) is 1.88. The van der Waals surface area contributed by atoms with Crippen LogP contribution in [0.15, 0.2) is 66.4 Å². The lowest BCUT2D eigenvalue weighted by Crippen LogP contribution is -2.80. The van der Waals surface area contributed by atoms with Crippen molar-refractivity contribution in [2.75, 3.05) is 12.9 Å². The van der Waals surface area contributed by atoms with Gasteiger partial charge in [0.2, 0.25) is 5.78 Å². The highest BCUT2D eigenvalue weighted by molar-refractivity contribution is 8.01. The van der Waals surface area contributed by atoms with Crippen LogP contribution in [0.25, 0.3) is 0 Å². The minimum Gasteiger partial charge on any atom is -0.466 e. The zero-order chi connectivity index (χ0) is 22.6. The minimum absolute atomic E-state index is 0.0781. The maximum atomic E-state index is 13.7. The van der Waals surface area contributed by atoms with Gasteiger partial charge in [-0.05, 0) is 12.1 Å². The summed E-state index contributed by atoms with van der Waals surface area (Å²) < 4.78 is 4.75. The summed E-state index contributed by atoms with van der Waals surface area (Å²) in [5.74, 6) is -2.81. The van der Waals surface area contributed by atoms with E-state index in [2.05, 4.69) is 0 Å². The van der Waals surface area contributed by atoms with Crippen molar-refractivity contribution in [1.29, 1.82) is 0 Å². The molecule has 2 aromatic rings. The average molecular weight is 448 g/mol. The fraction of sp³-hybridized carbons (Fsp3) is 0.174. The highest BCUT2D eigenvalue weighted by Gasteiger charge is 2.70. The monoisotopic (exact) mass is 448 g/mol. The van der Waals surface area contributed by atoms with Crippen LogP contribution in [0.2, 0.25) is 0 Å². The Morgan fingerprint density at radius 2 is 1.56 bits per heavy atom. The summed E-state index contributed by atoms with van der Waals surface area (Å²) in [6.45, 7) is 0. The molecule has 0 aliphatic carbocycles. The van der Waals surface area contributed by atoms with Gasteiger partial charge in [0, 0.05) is 17.5 Å². The molecule has 0 radical (unpaired) electrons. The van der Waals surface area contributed by atoms with E-state index in [-0.39, 0.29) is 22.5 Å². The van der Waals surface area contributed by atoms with Gasteiger partial charge < -0.3 is 4.74 Å². The second-order valence-corrected chi connectivity index (χ2v) is 8.66. The molecule has 1 saturated heterocycles. The maximum absolute atomic E-state index is 13.7. The number of imide groups is 1. The number of esters is 1. The number of amides is 3. The lowest BCUT2D eigenvalue weighted by molar-refractivity contribution is -0.150. The van der Waals surface area contributed by atoms with E-state index in [1.807, 2.05) is 0 Å². The number of ketones is 1. The molecule has 1 fully saturated rings. The van der Waals surface area contributed by atoms with E-state index < -0.39 is 40.4 Å². The molecule has 160 valence electrons. The molecular formula is C23H16N2O6S. The molecule has 0 aromatic heterocycles. The third-order valence-corrected chi connectivity index (χ3v) is 7.33. The third-order valence-electron chi connectivity index (χ3n) is 5.83. The highest BCUT2D eigenvalue weighted by atomic mass is 32.2. The molecule has 2 atom stereocenters. The Morgan fingerprint density at radius 1 is 0.969 bits per heavy atom. The summed E-state index contributed by atoms with van der Waals surface area (Å²) in [7, 11) is 1.23. The summed E-state index contributed by atoms with van der Waals surface area (Å²) >= 11 is 1.04. The minimum atomic E-state index is -1.57. The van der Waals surface area contributed by atoms with E-state index in [1.165, 1.54) is 25.4 Å². The lowest BCUT2D eigenvalue weighted by Gasteiger charge is -2.57. The molecule has 8 nitrogen and oxygen atoms in total. The molecule has 2 aromatic carbocycles. The number of β-lactam (4-membered cyclic amide) rings is 1. The Labute approximate surface area is 186 Å². The number of fused-ring (bicyclic) bond motifs is 2. The highest BCUT2D eigenvalue weighted by Crippen LogP contribution is 2.52. The number of hydrogen-bond acceptors (Lipinski definition) is 7. The lowest BCUT2D eigenvalue weighted by atomic mass is 9.85. The van der Waals surface area contributed by atoms with Crippen LogP contribution >= 0.6 is 11.8 Å². The first kappa shape index (κ1) is 20.2. The number of nitrogens with zero attached hydrogens (tertiary/aromatic N) is 2. The van der Waals surface area contributed by atoms with Crippen LogP contribution in [-0.4, -0.2) is 63.0 Å². The summed E-state index contributed by atoms with van der Waals surface area (Å²) in [4.78, 5) is 65.7. The van der Waals surface area contributed by atoms with Gasteiger partial charge in [-0.2, -0.15) is 0 Å². The van der Waals surface area contributed by atoms with Gasteiger partial charge in [-0.15, -0.1) is 11.8 Å². The molecule has 9 heteroatoms. The van der Waals surface area contributed by atoms with Crippen LogP contribution in [0, 0.1) is 0 Å². The van der Waals surface area contributed by atoms with Crippen LogP contribution in [0.1, 0.15) is 31.1 Å². The van der Waals surface area contributed by atoms with Crippen molar-refractivity contribution in [1.82, 2.24) is 9.80 Å². The number of benzene rings is 2. The molecule has 0 spiro atoms. The quantitative estimate of drug-likeness (QED) is 0.305. The molecule has 3 heterocycles. The number of rotatable bonds is 4. The second-order valence-electron chi connectivity index (χ2n) is 7.46. The van der Waals surface area contributed by atoms with Crippen molar-refractivity contribution in [3.8, 4) is 0 Å². The SMILES string of the molecule is COC(=O)C1=CN2C(=O)C(N3C(=O)c4ccccc4C3=O)C2(C(=O)c2ccccc2)SC1. The second kappa shape index (κ2) is 7.16. The first-order chi connectivity index (χ1) is 15.4.